The van der Waals surface area contributed by atoms with Gasteiger partial charge in [-0.3, -0.25) is 14.5 Å². The van der Waals surface area contributed by atoms with Crippen molar-refractivity contribution in [2.75, 3.05) is 12.4 Å². The Balaban J connectivity index is 2.30. The number of β-lactam (4-membered cyclic amide) rings is 1. The molecule has 122 valence electrons. The Morgan fingerprint density at radius 1 is 1.41 bits per heavy atom. The summed E-state index contributed by atoms with van der Waals surface area (Å²) in [6, 6.07) is -0.613. The molecule has 0 bridgehead atoms. The molecular formula is C14H20N2O5S. The lowest BCUT2D eigenvalue weighted by Gasteiger charge is -2.48. The van der Waals surface area contributed by atoms with E-state index < -0.39 is 23.6 Å². The number of nitrogens with two attached hydrogens (primary N) is 1. The van der Waals surface area contributed by atoms with E-state index in [1.165, 1.54) is 23.6 Å². The maximum atomic E-state index is 12.4. The number of hydrogen-bond acceptors (Lipinski definition) is 7. The van der Waals surface area contributed by atoms with Gasteiger partial charge < -0.3 is 15.2 Å². The van der Waals surface area contributed by atoms with E-state index >= 15 is 0 Å². The highest BCUT2D eigenvalue weighted by atomic mass is 32.2. The third-order valence-corrected chi connectivity index (χ3v) is 4.49. The lowest BCUT2D eigenvalue weighted by Crippen LogP contribution is -2.68. The zero-order chi connectivity index (χ0) is 16.7. The summed E-state index contributed by atoms with van der Waals surface area (Å²) in [7, 11) is 0. The van der Waals surface area contributed by atoms with Gasteiger partial charge in [-0.1, -0.05) is 0 Å². The first-order valence-electron chi connectivity index (χ1n) is 6.91. The van der Waals surface area contributed by atoms with Gasteiger partial charge in [0.25, 0.3) is 0 Å². The fourth-order valence-electron chi connectivity index (χ4n) is 2.19. The predicted octanol–water partition coefficient (Wildman–Crippen LogP) is 0.388. The minimum absolute atomic E-state index is 0.0390. The summed E-state index contributed by atoms with van der Waals surface area (Å²) in [6.07, 6.45) is 0. The van der Waals surface area contributed by atoms with Gasteiger partial charge in [-0.2, -0.15) is 0 Å². The average Bonchev–Trinajstić information content (AvgIpc) is 2.41. The van der Waals surface area contributed by atoms with E-state index in [0.29, 0.717) is 11.3 Å². The third kappa shape index (κ3) is 3.27. The number of amides is 1. The van der Waals surface area contributed by atoms with Gasteiger partial charge in [-0.25, -0.2) is 4.79 Å². The summed E-state index contributed by atoms with van der Waals surface area (Å²) in [4.78, 5) is 36.8. The minimum Gasteiger partial charge on any atom is -0.461 e. The van der Waals surface area contributed by atoms with Crippen molar-refractivity contribution in [1.29, 1.82) is 0 Å². The van der Waals surface area contributed by atoms with Crippen molar-refractivity contribution < 1.29 is 23.9 Å². The zero-order valence-corrected chi connectivity index (χ0v) is 13.9. The van der Waals surface area contributed by atoms with E-state index in [0.717, 1.165) is 0 Å². The van der Waals surface area contributed by atoms with Crippen molar-refractivity contribution in [3.05, 3.63) is 11.3 Å². The molecule has 0 aliphatic carbocycles. The second-order valence-electron chi connectivity index (χ2n) is 6.17. The molecular weight excluding hydrogens is 308 g/mol. The normalized spacial score (nSPS) is 24.6. The summed E-state index contributed by atoms with van der Waals surface area (Å²) >= 11 is 1.45. The largest absolute Gasteiger partial charge is 0.461 e. The van der Waals surface area contributed by atoms with E-state index in [9.17, 15) is 14.4 Å². The van der Waals surface area contributed by atoms with E-state index in [1.807, 2.05) is 0 Å². The molecule has 0 aromatic carbocycles. The monoisotopic (exact) mass is 328 g/mol. The van der Waals surface area contributed by atoms with Crippen LogP contribution in [0.4, 0.5) is 0 Å². The van der Waals surface area contributed by atoms with Crippen LogP contribution < -0.4 is 5.73 Å². The first kappa shape index (κ1) is 16.8. The molecule has 8 heteroatoms. The topological polar surface area (TPSA) is 98.9 Å². The molecule has 0 radical (unpaired) electrons. The number of rotatable bonds is 3. The summed E-state index contributed by atoms with van der Waals surface area (Å²) in [5.74, 6) is -0.905. The van der Waals surface area contributed by atoms with Crippen molar-refractivity contribution in [1.82, 2.24) is 4.90 Å². The summed E-state index contributed by atoms with van der Waals surface area (Å²) in [5.41, 5.74) is 5.79. The van der Waals surface area contributed by atoms with Crippen molar-refractivity contribution in [2.45, 2.75) is 44.7 Å². The predicted molar refractivity (Wildman–Crippen MR) is 80.6 cm³/mol. The SMILES string of the molecule is CC(=O)OCC1=C(C(=O)OC(C)(C)C)N2C(=O)[C@@H](N)C2SC1. The Kier molecular flexibility index (Phi) is 4.53. The van der Waals surface area contributed by atoms with Gasteiger partial charge in [0.2, 0.25) is 5.91 Å². The lowest BCUT2D eigenvalue weighted by atomic mass is 10.0. The molecule has 2 heterocycles. The van der Waals surface area contributed by atoms with Gasteiger partial charge in [0.1, 0.15) is 29.3 Å². The van der Waals surface area contributed by atoms with Gasteiger partial charge in [-0.05, 0) is 20.8 Å². The molecule has 1 amide bonds. The number of fused-ring (bicyclic) bond motifs is 1. The van der Waals surface area contributed by atoms with E-state index in [4.69, 9.17) is 15.2 Å². The van der Waals surface area contributed by atoms with E-state index in [2.05, 4.69) is 0 Å². The molecule has 1 unspecified atom stereocenters. The van der Waals surface area contributed by atoms with Crippen molar-refractivity contribution in [2.24, 2.45) is 5.73 Å². The second kappa shape index (κ2) is 5.92. The van der Waals surface area contributed by atoms with Crippen molar-refractivity contribution in [3.63, 3.8) is 0 Å². The molecule has 2 rings (SSSR count). The number of ether oxygens (including phenoxy) is 2. The molecule has 22 heavy (non-hydrogen) atoms. The highest BCUT2D eigenvalue weighted by molar-refractivity contribution is 8.00. The summed E-state index contributed by atoms with van der Waals surface area (Å²) in [6.45, 7) is 6.49. The zero-order valence-electron chi connectivity index (χ0n) is 13.0. The Labute approximate surface area is 133 Å². The molecule has 2 N–H and O–H groups in total. The Morgan fingerprint density at radius 2 is 2.05 bits per heavy atom. The van der Waals surface area contributed by atoms with Gasteiger partial charge in [0, 0.05) is 18.2 Å². The van der Waals surface area contributed by atoms with Gasteiger partial charge in [-0.15, -0.1) is 11.8 Å². The first-order chi connectivity index (χ1) is 10.1. The van der Waals surface area contributed by atoms with E-state index in [1.54, 1.807) is 20.8 Å². The molecule has 2 aliphatic rings. The van der Waals surface area contributed by atoms with Crippen LogP contribution in [0.25, 0.3) is 0 Å². The maximum absolute atomic E-state index is 12.4. The number of hydrogen-bond donors (Lipinski definition) is 1. The molecule has 1 saturated heterocycles. The van der Waals surface area contributed by atoms with Crippen LogP contribution in [-0.4, -0.2) is 52.1 Å². The van der Waals surface area contributed by atoms with Crippen LogP contribution in [0.5, 0.6) is 0 Å². The molecule has 0 aromatic rings. The smallest absolute Gasteiger partial charge is 0.355 e. The third-order valence-electron chi connectivity index (χ3n) is 3.13. The number of carbonyl (C=O) groups is 3. The van der Waals surface area contributed by atoms with Crippen LogP contribution in [0.3, 0.4) is 0 Å². The molecule has 0 saturated carbocycles. The molecule has 2 atom stereocenters. The van der Waals surface area contributed by atoms with Gasteiger partial charge in [0.05, 0.1) is 0 Å². The Hall–Kier alpha value is -1.54. The van der Waals surface area contributed by atoms with Gasteiger partial charge in [0.15, 0.2) is 0 Å². The number of carbonyl (C=O) groups excluding carboxylic acids is 3. The first-order valence-corrected chi connectivity index (χ1v) is 7.95. The lowest BCUT2D eigenvalue weighted by molar-refractivity contribution is -0.158. The van der Waals surface area contributed by atoms with Crippen LogP contribution in [-0.2, 0) is 23.9 Å². The van der Waals surface area contributed by atoms with Gasteiger partial charge >= 0.3 is 11.9 Å². The number of esters is 2. The molecule has 2 aliphatic heterocycles. The molecule has 0 aromatic heterocycles. The maximum Gasteiger partial charge on any atom is 0.355 e. The quantitative estimate of drug-likeness (QED) is 0.591. The molecule has 1 fully saturated rings. The minimum atomic E-state index is -0.688. The summed E-state index contributed by atoms with van der Waals surface area (Å²) in [5, 5.41) is -0.268. The van der Waals surface area contributed by atoms with Crippen LogP contribution >= 0.6 is 11.8 Å². The molecule has 7 nitrogen and oxygen atoms in total. The summed E-state index contributed by atoms with van der Waals surface area (Å²) < 4.78 is 10.3. The highest BCUT2D eigenvalue weighted by Crippen LogP contribution is 2.40. The second-order valence-corrected chi connectivity index (χ2v) is 7.27. The van der Waals surface area contributed by atoms with Crippen LogP contribution in [0, 0.1) is 0 Å². The van der Waals surface area contributed by atoms with Crippen LogP contribution in [0.2, 0.25) is 0 Å². The Bertz CT molecular complexity index is 552. The van der Waals surface area contributed by atoms with Crippen LogP contribution in [0.1, 0.15) is 27.7 Å². The fraction of sp³-hybridized carbons (Fsp3) is 0.643. The van der Waals surface area contributed by atoms with E-state index in [-0.39, 0.29) is 23.6 Å². The number of nitrogens with zero attached hydrogens (tertiary/aromatic N) is 1. The number of thioether (sulfide) groups is 1. The van der Waals surface area contributed by atoms with Crippen molar-refractivity contribution >= 4 is 29.6 Å². The van der Waals surface area contributed by atoms with Crippen LogP contribution in [0.15, 0.2) is 11.3 Å². The standard InChI is InChI=1S/C14H20N2O5S/c1-7(17)20-5-8-6-22-12-9(15)11(18)16(12)10(8)13(19)21-14(2,3)4/h9,12H,5-6,15H2,1-4H3/t9-,12?/m1/s1. The highest BCUT2D eigenvalue weighted by Gasteiger charge is 2.52. The van der Waals surface area contributed by atoms with Crippen molar-refractivity contribution in [3.8, 4) is 0 Å². The fourth-order valence-corrected chi connectivity index (χ4v) is 3.47. The Morgan fingerprint density at radius 3 is 2.59 bits per heavy atom. The average molecular weight is 328 g/mol. The molecule has 0 spiro atoms.